The summed E-state index contributed by atoms with van der Waals surface area (Å²) in [6, 6.07) is 15.3. The molecule has 2 N–H and O–H groups in total. The van der Waals surface area contributed by atoms with Crippen molar-refractivity contribution in [1.82, 2.24) is 15.0 Å². The van der Waals surface area contributed by atoms with Crippen LogP contribution in [0.2, 0.25) is 0 Å². The molecule has 0 aliphatic rings. The van der Waals surface area contributed by atoms with Gasteiger partial charge >= 0.3 is 0 Å². The fourth-order valence-corrected chi connectivity index (χ4v) is 2.70. The van der Waals surface area contributed by atoms with Crippen LogP contribution in [0, 0.1) is 12.7 Å². The zero-order chi connectivity index (χ0) is 18.1. The van der Waals surface area contributed by atoms with Crippen molar-refractivity contribution in [1.29, 1.82) is 0 Å². The minimum Gasteiger partial charge on any atom is -0.337 e. The summed E-state index contributed by atoms with van der Waals surface area (Å²) in [5.74, 6) is 0.0395. The van der Waals surface area contributed by atoms with E-state index in [4.69, 9.17) is 0 Å². The molecule has 128 valence electrons. The van der Waals surface area contributed by atoms with Crippen LogP contribution in [-0.4, -0.2) is 20.9 Å². The highest BCUT2D eigenvalue weighted by molar-refractivity contribution is 6.05. The standard InChI is InChI=1S/C20H15FN4O/c1-12-10-13(5-7-15(12)21)20(26)23-14-6-8-16-18(11-14)25-19(24-16)17-4-2-3-9-22-17/h2-11H,1H3,(H,23,26)(H,24,25). The van der Waals surface area contributed by atoms with Crippen molar-refractivity contribution >= 4 is 22.6 Å². The Hall–Kier alpha value is -3.54. The Labute approximate surface area is 148 Å². The molecule has 0 spiro atoms. The number of aromatic nitrogens is 3. The van der Waals surface area contributed by atoms with Crippen LogP contribution in [0.3, 0.4) is 0 Å². The molecule has 4 aromatic rings. The number of rotatable bonds is 3. The van der Waals surface area contributed by atoms with E-state index < -0.39 is 0 Å². The number of amides is 1. The first kappa shape index (κ1) is 16.0. The number of fused-ring (bicyclic) bond motifs is 1. The third-order valence-corrected chi connectivity index (χ3v) is 4.07. The smallest absolute Gasteiger partial charge is 0.255 e. The minimum absolute atomic E-state index is 0.295. The molecule has 4 rings (SSSR count). The molecule has 2 aromatic heterocycles. The number of halogens is 1. The number of carbonyl (C=O) groups excluding carboxylic acids is 1. The summed E-state index contributed by atoms with van der Waals surface area (Å²) in [6.07, 6.45) is 1.71. The van der Waals surface area contributed by atoms with Crippen LogP contribution in [0.15, 0.2) is 60.8 Å². The lowest BCUT2D eigenvalue weighted by Gasteiger charge is -2.06. The van der Waals surface area contributed by atoms with Gasteiger partial charge in [-0.1, -0.05) is 6.07 Å². The van der Waals surface area contributed by atoms with Crippen molar-refractivity contribution in [2.75, 3.05) is 5.32 Å². The Kier molecular flexibility index (Phi) is 3.93. The quantitative estimate of drug-likeness (QED) is 0.580. The van der Waals surface area contributed by atoms with E-state index >= 15 is 0 Å². The number of imidazole rings is 1. The number of pyridine rings is 1. The minimum atomic E-state index is -0.331. The van der Waals surface area contributed by atoms with E-state index in [9.17, 15) is 9.18 Å². The molecule has 0 saturated carbocycles. The lowest BCUT2D eigenvalue weighted by molar-refractivity contribution is 0.102. The van der Waals surface area contributed by atoms with Gasteiger partial charge in [-0.15, -0.1) is 0 Å². The Balaban J connectivity index is 1.61. The average molecular weight is 346 g/mol. The number of nitrogens with zero attached hydrogens (tertiary/aromatic N) is 2. The van der Waals surface area contributed by atoms with Gasteiger partial charge in [-0.25, -0.2) is 9.37 Å². The summed E-state index contributed by atoms with van der Waals surface area (Å²) >= 11 is 0. The van der Waals surface area contributed by atoms with Gasteiger partial charge in [0.15, 0.2) is 5.82 Å². The normalized spacial score (nSPS) is 10.8. The molecule has 2 heterocycles. The molecule has 0 unspecified atom stereocenters. The van der Waals surface area contributed by atoms with Crippen molar-refractivity contribution in [3.63, 3.8) is 0 Å². The molecule has 0 bridgehead atoms. The molecule has 0 aliphatic carbocycles. The molecule has 0 radical (unpaired) electrons. The maximum Gasteiger partial charge on any atom is 0.255 e. The highest BCUT2D eigenvalue weighted by Gasteiger charge is 2.10. The summed E-state index contributed by atoms with van der Waals surface area (Å²) in [5, 5.41) is 2.82. The van der Waals surface area contributed by atoms with Crippen LogP contribution >= 0.6 is 0 Å². The van der Waals surface area contributed by atoms with E-state index in [-0.39, 0.29) is 11.7 Å². The number of nitrogens with one attached hydrogen (secondary N) is 2. The number of aromatic amines is 1. The first-order chi connectivity index (χ1) is 12.6. The van der Waals surface area contributed by atoms with E-state index in [0.717, 1.165) is 16.7 Å². The number of carbonyl (C=O) groups is 1. The molecule has 6 heteroatoms. The van der Waals surface area contributed by atoms with Gasteiger partial charge in [-0.05, 0) is 61.0 Å². The second kappa shape index (κ2) is 6.40. The monoisotopic (exact) mass is 346 g/mol. The summed E-state index contributed by atoms with van der Waals surface area (Å²) < 4.78 is 13.4. The van der Waals surface area contributed by atoms with Gasteiger partial charge in [0.25, 0.3) is 5.91 Å². The highest BCUT2D eigenvalue weighted by atomic mass is 19.1. The Morgan fingerprint density at radius 1 is 1.12 bits per heavy atom. The van der Waals surface area contributed by atoms with E-state index in [1.54, 1.807) is 19.2 Å². The van der Waals surface area contributed by atoms with Crippen molar-refractivity contribution in [3.8, 4) is 11.5 Å². The van der Waals surface area contributed by atoms with Crippen molar-refractivity contribution in [2.24, 2.45) is 0 Å². The van der Waals surface area contributed by atoms with Crippen LogP contribution in [-0.2, 0) is 0 Å². The van der Waals surface area contributed by atoms with E-state index in [0.29, 0.717) is 22.6 Å². The molecular weight excluding hydrogens is 331 g/mol. The molecule has 1 amide bonds. The second-order valence-corrected chi connectivity index (χ2v) is 5.95. The molecule has 2 aromatic carbocycles. The number of anilines is 1. The SMILES string of the molecule is Cc1cc(C(=O)Nc2ccc3nc(-c4ccccn4)[nH]c3c2)ccc1F. The van der Waals surface area contributed by atoms with Crippen LogP contribution in [0.5, 0.6) is 0 Å². The molecule has 26 heavy (non-hydrogen) atoms. The van der Waals surface area contributed by atoms with Crippen LogP contribution in [0.1, 0.15) is 15.9 Å². The fourth-order valence-electron chi connectivity index (χ4n) is 2.70. The predicted octanol–water partition coefficient (Wildman–Crippen LogP) is 4.32. The zero-order valence-electron chi connectivity index (χ0n) is 14.0. The Morgan fingerprint density at radius 2 is 2.00 bits per heavy atom. The number of hydrogen-bond acceptors (Lipinski definition) is 3. The third kappa shape index (κ3) is 3.04. The van der Waals surface area contributed by atoms with Gasteiger partial charge < -0.3 is 10.3 Å². The van der Waals surface area contributed by atoms with E-state index in [1.165, 1.54) is 18.2 Å². The van der Waals surface area contributed by atoms with Crippen LogP contribution in [0.4, 0.5) is 10.1 Å². The fraction of sp³-hybridized carbons (Fsp3) is 0.0500. The number of aryl methyl sites for hydroxylation is 1. The van der Waals surface area contributed by atoms with Crippen molar-refractivity contribution in [3.05, 3.63) is 77.7 Å². The molecule has 0 fully saturated rings. The third-order valence-electron chi connectivity index (χ3n) is 4.07. The van der Waals surface area contributed by atoms with Gasteiger partial charge in [0.2, 0.25) is 0 Å². The van der Waals surface area contributed by atoms with Gasteiger partial charge in [0.05, 0.1) is 11.0 Å². The molecular formula is C20H15FN4O. The molecule has 5 nitrogen and oxygen atoms in total. The molecule has 0 aliphatic heterocycles. The first-order valence-corrected chi connectivity index (χ1v) is 8.09. The van der Waals surface area contributed by atoms with Gasteiger partial charge in [0.1, 0.15) is 11.5 Å². The maximum absolute atomic E-state index is 13.4. The van der Waals surface area contributed by atoms with E-state index in [1.807, 2.05) is 30.3 Å². The predicted molar refractivity (Wildman–Crippen MR) is 98.4 cm³/mol. The van der Waals surface area contributed by atoms with Crippen molar-refractivity contribution < 1.29 is 9.18 Å². The van der Waals surface area contributed by atoms with Gasteiger partial charge in [0, 0.05) is 17.4 Å². The maximum atomic E-state index is 13.4. The summed E-state index contributed by atoms with van der Waals surface area (Å²) in [4.78, 5) is 24.4. The number of H-pyrrole nitrogens is 1. The second-order valence-electron chi connectivity index (χ2n) is 5.95. The number of hydrogen-bond donors (Lipinski definition) is 2. The van der Waals surface area contributed by atoms with E-state index in [2.05, 4.69) is 20.3 Å². The van der Waals surface area contributed by atoms with Crippen molar-refractivity contribution in [2.45, 2.75) is 6.92 Å². The summed E-state index contributed by atoms with van der Waals surface area (Å²) in [7, 11) is 0. The lowest BCUT2D eigenvalue weighted by Crippen LogP contribution is -2.12. The van der Waals surface area contributed by atoms with Crippen LogP contribution < -0.4 is 5.32 Å². The molecule has 0 atom stereocenters. The Bertz CT molecular complexity index is 1110. The molecule has 0 saturated heterocycles. The highest BCUT2D eigenvalue weighted by Crippen LogP contribution is 2.22. The zero-order valence-corrected chi connectivity index (χ0v) is 14.0. The van der Waals surface area contributed by atoms with Crippen LogP contribution in [0.25, 0.3) is 22.6 Å². The first-order valence-electron chi connectivity index (χ1n) is 8.09. The summed E-state index contributed by atoms with van der Waals surface area (Å²) in [6.45, 7) is 1.63. The lowest BCUT2D eigenvalue weighted by atomic mass is 10.1. The van der Waals surface area contributed by atoms with Gasteiger partial charge in [-0.2, -0.15) is 0 Å². The van der Waals surface area contributed by atoms with Gasteiger partial charge in [-0.3, -0.25) is 9.78 Å². The summed E-state index contributed by atoms with van der Waals surface area (Å²) in [5.41, 5.74) is 3.78. The average Bonchev–Trinajstić information content (AvgIpc) is 3.08. The largest absolute Gasteiger partial charge is 0.337 e. The Morgan fingerprint density at radius 3 is 2.77 bits per heavy atom. The number of benzene rings is 2. The topological polar surface area (TPSA) is 70.7 Å².